The van der Waals surface area contributed by atoms with E-state index in [9.17, 15) is 0 Å². The SMILES string of the molecule is c1cncc(CN2CCC3(CC(OCC4CC4)CO3)C2)c1. The number of aromatic nitrogens is 1. The van der Waals surface area contributed by atoms with E-state index >= 15 is 0 Å². The molecule has 2 atom stereocenters. The molecule has 21 heavy (non-hydrogen) atoms. The van der Waals surface area contributed by atoms with Crippen molar-refractivity contribution < 1.29 is 9.47 Å². The van der Waals surface area contributed by atoms with E-state index in [1.54, 1.807) is 0 Å². The third-order valence-corrected chi connectivity index (χ3v) is 4.96. The third kappa shape index (κ3) is 3.28. The quantitative estimate of drug-likeness (QED) is 0.832. The van der Waals surface area contributed by atoms with E-state index in [2.05, 4.69) is 16.0 Å². The summed E-state index contributed by atoms with van der Waals surface area (Å²) in [6.07, 6.45) is 9.04. The van der Waals surface area contributed by atoms with E-state index in [1.807, 2.05) is 18.5 Å². The molecule has 4 rings (SSSR count). The molecule has 2 unspecified atom stereocenters. The van der Waals surface area contributed by atoms with Crippen LogP contribution in [0.2, 0.25) is 0 Å². The molecular formula is C17H24N2O2. The number of hydrogen-bond acceptors (Lipinski definition) is 4. The van der Waals surface area contributed by atoms with E-state index in [-0.39, 0.29) is 5.60 Å². The lowest BCUT2D eigenvalue weighted by atomic mass is 9.98. The van der Waals surface area contributed by atoms with Crippen LogP contribution in [0.1, 0.15) is 31.2 Å². The fraction of sp³-hybridized carbons (Fsp3) is 0.706. The number of nitrogens with zero attached hydrogens (tertiary/aromatic N) is 2. The van der Waals surface area contributed by atoms with Gasteiger partial charge in [-0.15, -0.1) is 0 Å². The van der Waals surface area contributed by atoms with Crippen molar-refractivity contribution >= 4 is 0 Å². The number of rotatable bonds is 5. The molecule has 2 aliphatic heterocycles. The number of ether oxygens (including phenoxy) is 2. The summed E-state index contributed by atoms with van der Waals surface area (Å²) in [5.74, 6) is 0.840. The smallest absolute Gasteiger partial charge is 0.0847 e. The van der Waals surface area contributed by atoms with E-state index < -0.39 is 0 Å². The molecule has 1 aromatic rings. The molecule has 0 radical (unpaired) electrons. The number of likely N-dealkylation sites (tertiary alicyclic amines) is 1. The number of hydrogen-bond donors (Lipinski definition) is 0. The van der Waals surface area contributed by atoms with Gasteiger partial charge in [-0.05, 0) is 36.8 Å². The summed E-state index contributed by atoms with van der Waals surface area (Å²) in [5.41, 5.74) is 1.34. The van der Waals surface area contributed by atoms with Crippen LogP contribution in [0.25, 0.3) is 0 Å². The molecule has 1 aliphatic carbocycles. The van der Waals surface area contributed by atoms with Crippen molar-refractivity contribution in [1.29, 1.82) is 0 Å². The Morgan fingerprint density at radius 2 is 2.38 bits per heavy atom. The third-order valence-electron chi connectivity index (χ3n) is 4.96. The van der Waals surface area contributed by atoms with Gasteiger partial charge in [0.1, 0.15) is 0 Å². The highest BCUT2D eigenvalue weighted by Crippen LogP contribution is 2.38. The lowest BCUT2D eigenvalue weighted by Crippen LogP contribution is -2.33. The fourth-order valence-electron chi connectivity index (χ4n) is 3.56. The maximum atomic E-state index is 6.15. The molecule has 0 aromatic carbocycles. The highest BCUT2D eigenvalue weighted by Gasteiger charge is 2.46. The highest BCUT2D eigenvalue weighted by atomic mass is 16.6. The Morgan fingerprint density at radius 3 is 3.19 bits per heavy atom. The predicted octanol–water partition coefficient (Wildman–Crippen LogP) is 2.24. The van der Waals surface area contributed by atoms with E-state index in [0.717, 1.165) is 51.6 Å². The monoisotopic (exact) mass is 288 g/mol. The zero-order valence-corrected chi connectivity index (χ0v) is 12.5. The van der Waals surface area contributed by atoms with Gasteiger partial charge in [0.15, 0.2) is 0 Å². The molecule has 1 spiro atoms. The zero-order chi connectivity index (χ0) is 14.1. The van der Waals surface area contributed by atoms with Gasteiger partial charge in [-0.3, -0.25) is 9.88 Å². The Bertz CT molecular complexity index is 477. The van der Waals surface area contributed by atoms with Gasteiger partial charge >= 0.3 is 0 Å². The van der Waals surface area contributed by atoms with Crippen molar-refractivity contribution in [3.63, 3.8) is 0 Å². The molecule has 2 saturated heterocycles. The molecule has 1 aromatic heterocycles. The van der Waals surface area contributed by atoms with Gasteiger partial charge in [0, 0.05) is 45.1 Å². The van der Waals surface area contributed by atoms with Crippen LogP contribution in [0.4, 0.5) is 0 Å². The maximum Gasteiger partial charge on any atom is 0.0847 e. The zero-order valence-electron chi connectivity index (χ0n) is 12.5. The van der Waals surface area contributed by atoms with Crippen LogP contribution in [0.5, 0.6) is 0 Å². The lowest BCUT2D eigenvalue weighted by molar-refractivity contribution is 0.000851. The van der Waals surface area contributed by atoms with Crippen molar-refractivity contribution in [2.75, 3.05) is 26.3 Å². The first kappa shape index (κ1) is 13.7. The van der Waals surface area contributed by atoms with Crippen LogP contribution in [-0.4, -0.2) is 47.9 Å². The predicted molar refractivity (Wildman–Crippen MR) is 79.9 cm³/mol. The molecule has 4 nitrogen and oxygen atoms in total. The fourth-order valence-corrected chi connectivity index (χ4v) is 3.56. The summed E-state index contributed by atoms with van der Waals surface area (Å²) in [7, 11) is 0. The molecule has 4 heteroatoms. The Hall–Kier alpha value is -0.970. The van der Waals surface area contributed by atoms with Crippen molar-refractivity contribution in [3.8, 4) is 0 Å². The Balaban J connectivity index is 1.29. The second-order valence-corrected chi connectivity index (χ2v) is 6.92. The van der Waals surface area contributed by atoms with Crippen molar-refractivity contribution in [2.45, 2.75) is 43.9 Å². The Labute approximate surface area is 126 Å². The average Bonchev–Trinajstić information content (AvgIpc) is 3.15. The van der Waals surface area contributed by atoms with E-state index in [0.29, 0.717) is 6.10 Å². The highest BCUT2D eigenvalue weighted by molar-refractivity contribution is 5.09. The van der Waals surface area contributed by atoms with Crippen LogP contribution in [0.3, 0.4) is 0 Å². The summed E-state index contributed by atoms with van der Waals surface area (Å²) in [5, 5.41) is 0. The summed E-state index contributed by atoms with van der Waals surface area (Å²) >= 11 is 0. The van der Waals surface area contributed by atoms with E-state index in [4.69, 9.17) is 9.47 Å². The van der Waals surface area contributed by atoms with Crippen molar-refractivity contribution in [1.82, 2.24) is 9.88 Å². The molecule has 3 aliphatic rings. The van der Waals surface area contributed by atoms with Gasteiger partial charge in [0.2, 0.25) is 0 Å². The second kappa shape index (κ2) is 5.67. The van der Waals surface area contributed by atoms with Crippen LogP contribution in [0, 0.1) is 5.92 Å². The van der Waals surface area contributed by atoms with Gasteiger partial charge in [0.25, 0.3) is 0 Å². The summed E-state index contributed by atoms with van der Waals surface area (Å²) in [6, 6.07) is 4.16. The molecule has 1 saturated carbocycles. The van der Waals surface area contributed by atoms with E-state index in [1.165, 1.54) is 18.4 Å². The lowest BCUT2D eigenvalue weighted by Gasteiger charge is -2.23. The molecule has 0 amide bonds. The summed E-state index contributed by atoms with van der Waals surface area (Å²) in [4.78, 5) is 6.68. The standard InChI is InChI=1S/C17H24N2O2/c1-2-15(9-18-6-1)10-19-7-5-17(13-19)8-16(12-21-17)20-11-14-3-4-14/h1-2,6,9,14,16H,3-5,7-8,10-13H2. The van der Waals surface area contributed by atoms with Crippen molar-refractivity contribution in [3.05, 3.63) is 30.1 Å². The van der Waals surface area contributed by atoms with Crippen LogP contribution < -0.4 is 0 Å². The average molecular weight is 288 g/mol. The first-order chi connectivity index (χ1) is 10.3. The normalized spacial score (nSPS) is 33.0. The Kier molecular flexibility index (Phi) is 3.69. The largest absolute Gasteiger partial charge is 0.375 e. The van der Waals surface area contributed by atoms with Crippen molar-refractivity contribution in [2.24, 2.45) is 5.92 Å². The minimum absolute atomic E-state index is 0.0520. The summed E-state index contributed by atoms with van der Waals surface area (Å²) < 4.78 is 12.2. The molecule has 3 fully saturated rings. The maximum absolute atomic E-state index is 6.15. The molecular weight excluding hydrogens is 264 g/mol. The van der Waals surface area contributed by atoms with Crippen LogP contribution in [-0.2, 0) is 16.0 Å². The summed E-state index contributed by atoms with van der Waals surface area (Å²) in [6.45, 7) is 4.86. The molecule has 114 valence electrons. The van der Waals surface area contributed by atoms with Gasteiger partial charge in [-0.1, -0.05) is 6.07 Å². The minimum Gasteiger partial charge on any atom is -0.375 e. The van der Waals surface area contributed by atoms with Crippen LogP contribution in [0.15, 0.2) is 24.5 Å². The first-order valence-corrected chi connectivity index (χ1v) is 8.18. The minimum atomic E-state index is 0.0520. The van der Waals surface area contributed by atoms with Gasteiger partial charge in [0.05, 0.1) is 18.3 Å². The molecule has 3 heterocycles. The molecule has 0 N–H and O–H groups in total. The first-order valence-electron chi connectivity index (χ1n) is 8.18. The van der Waals surface area contributed by atoms with Gasteiger partial charge in [-0.2, -0.15) is 0 Å². The molecule has 0 bridgehead atoms. The topological polar surface area (TPSA) is 34.6 Å². The Morgan fingerprint density at radius 1 is 1.43 bits per heavy atom. The van der Waals surface area contributed by atoms with Gasteiger partial charge in [-0.25, -0.2) is 0 Å². The second-order valence-electron chi connectivity index (χ2n) is 6.92. The van der Waals surface area contributed by atoms with Gasteiger partial charge < -0.3 is 9.47 Å². The van der Waals surface area contributed by atoms with Crippen LogP contribution >= 0.6 is 0 Å². The number of pyridine rings is 1.